The molecule has 0 fully saturated rings. The number of rotatable bonds is 5. The fraction of sp³-hybridized carbons (Fsp3) is 0.667. The number of nitrogens with zero attached hydrogens (tertiary/aromatic N) is 3. The van der Waals surface area contributed by atoms with E-state index in [9.17, 15) is 18.0 Å². The van der Waals surface area contributed by atoms with Gasteiger partial charge in [0.15, 0.2) is 5.69 Å². The van der Waals surface area contributed by atoms with Gasteiger partial charge in [-0.3, -0.25) is 4.79 Å². The van der Waals surface area contributed by atoms with Crippen molar-refractivity contribution in [2.45, 2.75) is 39.4 Å². The zero-order chi connectivity index (χ0) is 18.9. The van der Waals surface area contributed by atoms with Gasteiger partial charge in [-0.1, -0.05) is 0 Å². The van der Waals surface area contributed by atoms with Crippen LogP contribution in [0.1, 0.15) is 33.4 Å². The lowest BCUT2D eigenvalue weighted by Crippen LogP contribution is -2.51. The maximum Gasteiger partial charge on any atom is 0.433 e. The van der Waals surface area contributed by atoms with Gasteiger partial charge in [0.2, 0.25) is 5.95 Å². The van der Waals surface area contributed by atoms with Gasteiger partial charge in [-0.25, -0.2) is 4.98 Å². The van der Waals surface area contributed by atoms with E-state index in [4.69, 9.17) is 4.74 Å². The molecule has 24 heavy (non-hydrogen) atoms. The second kappa shape index (κ2) is 6.45. The number of esters is 1. The first-order chi connectivity index (χ1) is 10.7. The molecule has 0 spiro atoms. The second-order valence-corrected chi connectivity index (χ2v) is 6.69. The summed E-state index contributed by atoms with van der Waals surface area (Å²) < 4.78 is 43.9. The molecule has 0 amide bonds. The molecular formula is C15H23F3N4O2. The highest BCUT2D eigenvalue weighted by Gasteiger charge is 2.45. The molecule has 1 aromatic heterocycles. The van der Waals surface area contributed by atoms with E-state index in [1.165, 1.54) is 12.0 Å². The Labute approximate surface area is 139 Å². The molecule has 0 bridgehead atoms. The number of hydrogen-bond acceptors (Lipinski definition) is 6. The van der Waals surface area contributed by atoms with Gasteiger partial charge in [0.25, 0.3) is 0 Å². The maximum atomic E-state index is 13.1. The van der Waals surface area contributed by atoms with E-state index in [-0.39, 0.29) is 11.8 Å². The van der Waals surface area contributed by atoms with Crippen LogP contribution in [0.3, 0.4) is 0 Å². The quantitative estimate of drug-likeness (QED) is 0.825. The summed E-state index contributed by atoms with van der Waals surface area (Å²) in [6.07, 6.45) is -4.61. The highest BCUT2D eigenvalue weighted by atomic mass is 19.4. The van der Waals surface area contributed by atoms with Gasteiger partial charge in [0.1, 0.15) is 5.82 Å². The molecule has 136 valence electrons. The second-order valence-electron chi connectivity index (χ2n) is 6.69. The minimum Gasteiger partial charge on any atom is -0.469 e. The summed E-state index contributed by atoms with van der Waals surface area (Å²) in [5.74, 6) is -0.609. The number of nitrogens with one attached hydrogen (secondary N) is 1. The smallest absolute Gasteiger partial charge is 0.433 e. The summed E-state index contributed by atoms with van der Waals surface area (Å²) in [4.78, 5) is 21.1. The number of anilines is 2. The Morgan fingerprint density at radius 1 is 1.17 bits per heavy atom. The van der Waals surface area contributed by atoms with Crippen molar-refractivity contribution in [1.29, 1.82) is 0 Å². The molecule has 1 heterocycles. The van der Waals surface area contributed by atoms with Crippen molar-refractivity contribution in [1.82, 2.24) is 9.97 Å². The molecule has 1 N–H and O–H groups in total. The number of ether oxygens (including phenoxy) is 1. The molecular weight excluding hydrogens is 325 g/mol. The van der Waals surface area contributed by atoms with Crippen LogP contribution in [0.2, 0.25) is 0 Å². The first-order valence-corrected chi connectivity index (χ1v) is 7.22. The third-order valence-corrected chi connectivity index (χ3v) is 4.14. The van der Waals surface area contributed by atoms with Gasteiger partial charge in [-0.15, -0.1) is 0 Å². The third-order valence-electron chi connectivity index (χ3n) is 4.14. The summed E-state index contributed by atoms with van der Waals surface area (Å²) in [5, 5.41) is 2.83. The van der Waals surface area contributed by atoms with E-state index in [0.717, 1.165) is 6.07 Å². The van der Waals surface area contributed by atoms with E-state index < -0.39 is 28.8 Å². The molecule has 0 saturated carbocycles. The lowest BCUT2D eigenvalue weighted by atomic mass is 9.74. The molecule has 0 aromatic carbocycles. The normalized spacial score (nSPS) is 12.8. The molecule has 1 rings (SSSR count). The maximum absolute atomic E-state index is 13.1. The molecule has 0 saturated heterocycles. The molecule has 0 aliphatic heterocycles. The Hall–Kier alpha value is -2.06. The van der Waals surface area contributed by atoms with Crippen molar-refractivity contribution < 1.29 is 22.7 Å². The van der Waals surface area contributed by atoms with E-state index in [2.05, 4.69) is 15.3 Å². The summed E-state index contributed by atoms with van der Waals surface area (Å²) in [5.41, 5.74) is -3.05. The van der Waals surface area contributed by atoms with Crippen LogP contribution in [0.4, 0.5) is 24.9 Å². The van der Waals surface area contributed by atoms with Crippen LogP contribution in [-0.2, 0) is 15.7 Å². The molecule has 9 heteroatoms. The number of hydrogen-bond donors (Lipinski definition) is 1. The molecule has 1 aromatic rings. The summed E-state index contributed by atoms with van der Waals surface area (Å²) in [6.45, 7) is 6.60. The highest BCUT2D eigenvalue weighted by Crippen LogP contribution is 2.36. The lowest BCUT2D eigenvalue weighted by Gasteiger charge is -2.39. The minimum atomic E-state index is -4.61. The van der Waals surface area contributed by atoms with Crippen LogP contribution in [0.25, 0.3) is 0 Å². The van der Waals surface area contributed by atoms with Crippen molar-refractivity contribution in [3.8, 4) is 0 Å². The number of methoxy groups -OCH3 is 1. The Morgan fingerprint density at radius 3 is 2.12 bits per heavy atom. The molecule has 0 radical (unpaired) electrons. The van der Waals surface area contributed by atoms with Crippen molar-refractivity contribution >= 4 is 17.7 Å². The van der Waals surface area contributed by atoms with E-state index >= 15 is 0 Å². The Morgan fingerprint density at radius 2 is 1.71 bits per heavy atom. The topological polar surface area (TPSA) is 67.3 Å². The Kier molecular flexibility index (Phi) is 5.37. The van der Waals surface area contributed by atoms with E-state index in [1.54, 1.807) is 41.8 Å². The Balaban J connectivity index is 3.32. The highest BCUT2D eigenvalue weighted by molar-refractivity contribution is 5.78. The fourth-order valence-electron chi connectivity index (χ4n) is 1.81. The van der Waals surface area contributed by atoms with E-state index in [1.807, 2.05) is 0 Å². The number of aromatic nitrogens is 2. The predicted molar refractivity (Wildman–Crippen MR) is 84.9 cm³/mol. The van der Waals surface area contributed by atoms with Crippen LogP contribution < -0.4 is 10.2 Å². The minimum absolute atomic E-state index is 0.103. The van der Waals surface area contributed by atoms with Gasteiger partial charge < -0.3 is 15.0 Å². The van der Waals surface area contributed by atoms with Crippen LogP contribution >= 0.6 is 0 Å². The Bertz CT molecular complexity index is 613. The van der Waals surface area contributed by atoms with Crippen molar-refractivity contribution in [2.75, 3.05) is 31.4 Å². The molecule has 0 aliphatic rings. The largest absolute Gasteiger partial charge is 0.469 e. The molecule has 0 atom stereocenters. The van der Waals surface area contributed by atoms with Gasteiger partial charge in [0, 0.05) is 20.2 Å². The lowest BCUT2D eigenvalue weighted by molar-refractivity contribution is -0.153. The van der Waals surface area contributed by atoms with Crippen LogP contribution in [0.5, 0.6) is 0 Å². The van der Waals surface area contributed by atoms with Crippen molar-refractivity contribution in [3.05, 3.63) is 11.8 Å². The van der Waals surface area contributed by atoms with Crippen LogP contribution in [0, 0.1) is 5.41 Å². The van der Waals surface area contributed by atoms with Crippen molar-refractivity contribution in [2.24, 2.45) is 5.41 Å². The van der Waals surface area contributed by atoms with Crippen LogP contribution in [-0.4, -0.2) is 42.7 Å². The molecule has 6 nitrogen and oxygen atoms in total. The first kappa shape index (κ1) is 20.0. The standard InChI is InChI=1S/C15H23F3N4O2/c1-13(2,11(23)24-7)14(3,4)21-12-19-9(15(16,17)18)8-10(20-12)22(5)6/h8H,1-7H3,(H,19,20,21). The summed E-state index contributed by atoms with van der Waals surface area (Å²) in [7, 11) is 4.41. The number of carbonyl (C=O) groups is 1. The zero-order valence-corrected chi connectivity index (χ0v) is 14.9. The molecule has 0 aliphatic carbocycles. The fourth-order valence-corrected chi connectivity index (χ4v) is 1.81. The zero-order valence-electron chi connectivity index (χ0n) is 14.9. The van der Waals surface area contributed by atoms with Gasteiger partial charge >= 0.3 is 12.1 Å². The average Bonchev–Trinajstić information content (AvgIpc) is 2.44. The monoisotopic (exact) mass is 348 g/mol. The third kappa shape index (κ3) is 4.07. The number of carbonyl (C=O) groups excluding carboxylic acids is 1. The number of halogens is 3. The van der Waals surface area contributed by atoms with Gasteiger partial charge in [-0.2, -0.15) is 18.2 Å². The average molecular weight is 348 g/mol. The van der Waals surface area contributed by atoms with E-state index in [0.29, 0.717) is 0 Å². The van der Waals surface area contributed by atoms with Gasteiger partial charge in [-0.05, 0) is 27.7 Å². The summed E-state index contributed by atoms with van der Waals surface area (Å²) >= 11 is 0. The number of alkyl halides is 3. The SMILES string of the molecule is COC(=O)C(C)(C)C(C)(C)Nc1nc(N(C)C)cc(C(F)(F)F)n1. The van der Waals surface area contributed by atoms with Crippen molar-refractivity contribution in [3.63, 3.8) is 0 Å². The summed E-state index contributed by atoms with van der Waals surface area (Å²) in [6, 6.07) is 0.865. The molecule has 0 unspecified atom stereocenters. The van der Waals surface area contributed by atoms with Gasteiger partial charge in [0.05, 0.1) is 18.1 Å². The predicted octanol–water partition coefficient (Wildman–Crippen LogP) is 2.95. The first-order valence-electron chi connectivity index (χ1n) is 7.22. The van der Waals surface area contributed by atoms with Crippen LogP contribution in [0.15, 0.2) is 6.07 Å².